The Morgan fingerprint density at radius 3 is 2.83 bits per heavy atom. The van der Waals surface area contributed by atoms with E-state index in [9.17, 15) is 4.79 Å². The third-order valence-electron chi connectivity index (χ3n) is 4.47. The van der Waals surface area contributed by atoms with Gasteiger partial charge in [-0.25, -0.2) is 0 Å². The molecular weight excluding hydrogens is 392 g/mol. The van der Waals surface area contributed by atoms with Crippen LogP contribution in [0.25, 0.3) is 11.4 Å². The van der Waals surface area contributed by atoms with Gasteiger partial charge in [-0.1, -0.05) is 23.9 Å². The van der Waals surface area contributed by atoms with E-state index in [1.807, 2.05) is 42.8 Å². The molecule has 0 saturated carbocycles. The number of hydrogen-bond acceptors (Lipinski definition) is 7. The number of nitrogens with one attached hydrogen (secondary N) is 1. The Labute approximate surface area is 172 Å². The molecule has 4 rings (SSSR count). The highest BCUT2D eigenvalue weighted by atomic mass is 32.2. The lowest BCUT2D eigenvalue weighted by atomic mass is 10.2. The molecule has 0 radical (unpaired) electrons. The van der Waals surface area contributed by atoms with E-state index in [-0.39, 0.29) is 18.0 Å². The first-order chi connectivity index (χ1) is 14.1. The summed E-state index contributed by atoms with van der Waals surface area (Å²) in [6, 6.07) is 12.9. The summed E-state index contributed by atoms with van der Waals surface area (Å²) in [7, 11) is 3.49. The molecule has 2 heterocycles. The summed E-state index contributed by atoms with van der Waals surface area (Å²) in [5, 5.41) is 11.7. The van der Waals surface area contributed by atoms with E-state index in [2.05, 4.69) is 15.5 Å². The quantitative estimate of drug-likeness (QED) is 0.621. The van der Waals surface area contributed by atoms with E-state index < -0.39 is 0 Å². The van der Waals surface area contributed by atoms with Gasteiger partial charge >= 0.3 is 0 Å². The molecule has 1 aliphatic rings. The molecule has 150 valence electrons. The highest BCUT2D eigenvalue weighted by molar-refractivity contribution is 8.00. The summed E-state index contributed by atoms with van der Waals surface area (Å²) in [6.45, 7) is 2.02. The molecule has 1 aromatic heterocycles. The van der Waals surface area contributed by atoms with Gasteiger partial charge in [0.15, 0.2) is 22.5 Å². The predicted octanol–water partition coefficient (Wildman–Crippen LogP) is 3.34. The minimum atomic E-state index is -0.381. The van der Waals surface area contributed by atoms with E-state index >= 15 is 0 Å². The maximum atomic E-state index is 12.6. The molecule has 0 spiro atoms. The summed E-state index contributed by atoms with van der Waals surface area (Å²) in [5.74, 6) is 2.54. The summed E-state index contributed by atoms with van der Waals surface area (Å²) in [6.07, 6.45) is 0. The molecular formula is C20H20N4O4S. The predicted molar refractivity (Wildman–Crippen MR) is 110 cm³/mol. The SMILES string of the molecule is COc1ccccc1-c1nnc(S[C@H](C)C(=O)Nc2ccc3c(c2)OCO3)n1C. The van der Waals surface area contributed by atoms with Gasteiger partial charge in [-0.2, -0.15) is 0 Å². The fourth-order valence-corrected chi connectivity index (χ4v) is 3.73. The van der Waals surface area contributed by atoms with Gasteiger partial charge in [-0.05, 0) is 31.2 Å². The van der Waals surface area contributed by atoms with Crippen molar-refractivity contribution in [2.75, 3.05) is 19.2 Å². The Bertz CT molecular complexity index is 1050. The van der Waals surface area contributed by atoms with Gasteiger partial charge in [0.25, 0.3) is 0 Å². The highest BCUT2D eigenvalue weighted by Crippen LogP contribution is 2.35. The Kier molecular flexibility index (Phi) is 5.30. The molecule has 9 heteroatoms. The maximum Gasteiger partial charge on any atom is 0.237 e. The molecule has 0 bridgehead atoms. The van der Waals surface area contributed by atoms with Crippen LogP contribution in [0.3, 0.4) is 0 Å². The number of amides is 1. The Hall–Kier alpha value is -3.20. The van der Waals surface area contributed by atoms with E-state index in [0.29, 0.717) is 33.9 Å². The number of para-hydroxylation sites is 1. The van der Waals surface area contributed by atoms with Crippen LogP contribution >= 0.6 is 11.8 Å². The average Bonchev–Trinajstić information content (AvgIpc) is 3.34. The summed E-state index contributed by atoms with van der Waals surface area (Å²) in [4.78, 5) is 12.6. The van der Waals surface area contributed by atoms with Gasteiger partial charge in [0.2, 0.25) is 12.7 Å². The average molecular weight is 412 g/mol. The first kappa shape index (κ1) is 19.1. The summed E-state index contributed by atoms with van der Waals surface area (Å²) in [5.41, 5.74) is 1.49. The fraction of sp³-hybridized carbons (Fsp3) is 0.250. The number of nitrogens with zero attached hydrogens (tertiary/aromatic N) is 3. The molecule has 1 atom stereocenters. The van der Waals surface area contributed by atoms with Gasteiger partial charge < -0.3 is 24.1 Å². The van der Waals surface area contributed by atoms with Crippen LogP contribution in [-0.2, 0) is 11.8 Å². The second-order valence-corrected chi connectivity index (χ2v) is 7.69. The standard InChI is InChI=1S/C20H20N4O4S/c1-12(19(25)21-13-8-9-16-17(10-13)28-11-27-16)29-20-23-22-18(24(20)2)14-6-4-5-7-15(14)26-3/h4-10,12H,11H2,1-3H3,(H,21,25)/t12-/m1/s1. The van der Waals surface area contributed by atoms with Gasteiger partial charge in [-0.3, -0.25) is 4.79 Å². The normalized spacial score (nSPS) is 13.2. The van der Waals surface area contributed by atoms with Crippen LogP contribution in [0.1, 0.15) is 6.92 Å². The van der Waals surface area contributed by atoms with Gasteiger partial charge in [-0.15, -0.1) is 10.2 Å². The van der Waals surface area contributed by atoms with Crippen molar-refractivity contribution in [1.29, 1.82) is 0 Å². The Morgan fingerprint density at radius 1 is 1.21 bits per heavy atom. The summed E-state index contributed by atoms with van der Waals surface area (Å²) >= 11 is 1.33. The molecule has 1 aliphatic heterocycles. The highest BCUT2D eigenvalue weighted by Gasteiger charge is 2.21. The van der Waals surface area contributed by atoms with Crippen LogP contribution in [0, 0.1) is 0 Å². The minimum Gasteiger partial charge on any atom is -0.496 e. The smallest absolute Gasteiger partial charge is 0.237 e. The first-order valence-corrected chi connectivity index (χ1v) is 9.84. The van der Waals surface area contributed by atoms with E-state index in [4.69, 9.17) is 14.2 Å². The second kappa shape index (κ2) is 8.04. The van der Waals surface area contributed by atoms with Crippen molar-refractivity contribution in [3.8, 4) is 28.6 Å². The van der Waals surface area contributed by atoms with Crippen molar-refractivity contribution in [2.45, 2.75) is 17.3 Å². The lowest BCUT2D eigenvalue weighted by molar-refractivity contribution is -0.115. The third kappa shape index (κ3) is 3.86. The zero-order chi connectivity index (χ0) is 20.4. The number of methoxy groups -OCH3 is 1. The molecule has 0 aliphatic carbocycles. The van der Waals surface area contributed by atoms with Crippen molar-refractivity contribution in [2.24, 2.45) is 7.05 Å². The fourth-order valence-electron chi connectivity index (χ4n) is 2.91. The third-order valence-corrected chi connectivity index (χ3v) is 5.61. The molecule has 1 N–H and O–H groups in total. The number of hydrogen-bond donors (Lipinski definition) is 1. The molecule has 0 saturated heterocycles. The maximum absolute atomic E-state index is 12.6. The summed E-state index contributed by atoms with van der Waals surface area (Å²) < 4.78 is 17.9. The molecule has 8 nitrogen and oxygen atoms in total. The second-order valence-electron chi connectivity index (χ2n) is 6.38. The zero-order valence-electron chi connectivity index (χ0n) is 16.2. The zero-order valence-corrected chi connectivity index (χ0v) is 17.0. The molecule has 29 heavy (non-hydrogen) atoms. The Morgan fingerprint density at radius 2 is 2.00 bits per heavy atom. The van der Waals surface area contributed by atoms with Crippen LogP contribution in [0.4, 0.5) is 5.69 Å². The number of thioether (sulfide) groups is 1. The molecule has 0 unspecified atom stereocenters. The lowest BCUT2D eigenvalue weighted by Gasteiger charge is -2.12. The van der Waals surface area contributed by atoms with Crippen LogP contribution in [0.5, 0.6) is 17.2 Å². The number of ether oxygens (including phenoxy) is 3. The number of rotatable bonds is 6. The topological polar surface area (TPSA) is 87.5 Å². The van der Waals surface area contributed by atoms with Crippen molar-refractivity contribution in [3.05, 3.63) is 42.5 Å². The molecule has 0 fully saturated rings. The minimum absolute atomic E-state index is 0.143. The van der Waals surface area contributed by atoms with Gasteiger partial charge in [0.05, 0.1) is 17.9 Å². The number of fused-ring (bicyclic) bond motifs is 1. The Balaban J connectivity index is 1.46. The number of benzene rings is 2. The van der Waals surface area contributed by atoms with Crippen LogP contribution in [0.2, 0.25) is 0 Å². The van der Waals surface area contributed by atoms with Crippen LogP contribution < -0.4 is 19.5 Å². The number of carbonyl (C=O) groups is 1. The molecule has 2 aromatic carbocycles. The number of aromatic nitrogens is 3. The van der Waals surface area contributed by atoms with Crippen molar-refractivity contribution >= 4 is 23.4 Å². The lowest BCUT2D eigenvalue weighted by Crippen LogP contribution is -2.22. The van der Waals surface area contributed by atoms with E-state index in [1.54, 1.807) is 25.3 Å². The number of carbonyl (C=O) groups excluding carboxylic acids is 1. The largest absolute Gasteiger partial charge is 0.496 e. The number of anilines is 1. The van der Waals surface area contributed by atoms with Crippen molar-refractivity contribution in [3.63, 3.8) is 0 Å². The van der Waals surface area contributed by atoms with Gasteiger partial charge in [0.1, 0.15) is 5.75 Å². The van der Waals surface area contributed by atoms with Crippen molar-refractivity contribution < 1.29 is 19.0 Å². The first-order valence-electron chi connectivity index (χ1n) is 8.96. The van der Waals surface area contributed by atoms with Gasteiger partial charge in [0, 0.05) is 18.8 Å². The van der Waals surface area contributed by atoms with Crippen LogP contribution in [0.15, 0.2) is 47.6 Å². The molecule has 1 amide bonds. The van der Waals surface area contributed by atoms with E-state index in [0.717, 1.165) is 5.56 Å². The monoisotopic (exact) mass is 412 g/mol. The van der Waals surface area contributed by atoms with E-state index in [1.165, 1.54) is 11.8 Å². The van der Waals surface area contributed by atoms with Crippen molar-refractivity contribution in [1.82, 2.24) is 14.8 Å². The molecule has 3 aromatic rings. The van der Waals surface area contributed by atoms with Crippen LogP contribution in [-0.4, -0.2) is 39.8 Å².